The van der Waals surface area contributed by atoms with Crippen molar-refractivity contribution in [2.45, 2.75) is 0 Å². The van der Waals surface area contributed by atoms with Crippen LogP contribution in [0, 0.1) is 12.4 Å². The molecule has 1 heterocycles. The summed E-state index contributed by atoms with van der Waals surface area (Å²) in [7, 11) is 0. The number of rotatable bonds is 1. The molecule has 0 bridgehead atoms. The van der Waals surface area contributed by atoms with E-state index < -0.39 is 5.82 Å². The number of aromatic nitrogens is 1. The van der Waals surface area contributed by atoms with E-state index in [1.165, 1.54) is 24.3 Å². The van der Waals surface area contributed by atoms with Gasteiger partial charge in [0.2, 0.25) is 5.69 Å². The summed E-state index contributed by atoms with van der Waals surface area (Å²) in [6.45, 7) is 6.86. The predicted molar refractivity (Wildman–Crippen MR) is 67.6 cm³/mol. The minimum atomic E-state index is -0.670. The van der Waals surface area contributed by atoms with Crippen molar-refractivity contribution in [1.29, 1.82) is 0 Å². The van der Waals surface area contributed by atoms with E-state index in [9.17, 15) is 9.50 Å². The summed E-state index contributed by atoms with van der Waals surface area (Å²) in [5, 5.41) is 9.60. The molecule has 6 heteroatoms. The molecule has 0 amide bonds. The maximum absolute atomic E-state index is 13.7. The van der Waals surface area contributed by atoms with E-state index in [-0.39, 0.29) is 32.9 Å². The topological polar surface area (TPSA) is 37.5 Å². The molecule has 0 fully saturated rings. The van der Waals surface area contributed by atoms with Crippen LogP contribution in [-0.2, 0) is 0 Å². The molecule has 0 aliphatic rings. The zero-order valence-electron chi connectivity index (χ0n) is 8.78. The number of benzene rings is 1. The molecule has 0 atom stereocenters. The highest BCUT2D eigenvalue weighted by Gasteiger charge is 2.17. The van der Waals surface area contributed by atoms with Gasteiger partial charge in [0, 0.05) is 0 Å². The van der Waals surface area contributed by atoms with Gasteiger partial charge < -0.3 is 5.11 Å². The number of hydrogen-bond acceptors (Lipinski definition) is 2. The van der Waals surface area contributed by atoms with E-state index in [1.54, 1.807) is 0 Å². The second-order valence-corrected chi connectivity index (χ2v) is 4.14. The van der Waals surface area contributed by atoms with Crippen molar-refractivity contribution in [1.82, 2.24) is 4.98 Å². The van der Waals surface area contributed by atoms with Gasteiger partial charge in [-0.15, -0.1) is 0 Å². The van der Waals surface area contributed by atoms with Crippen LogP contribution in [0.4, 0.5) is 10.1 Å². The lowest BCUT2D eigenvalue weighted by molar-refractivity contribution is 0.471. The van der Waals surface area contributed by atoms with Gasteiger partial charge in [-0.1, -0.05) is 29.3 Å². The molecule has 1 aromatic heterocycles. The Morgan fingerprint density at radius 1 is 1.33 bits per heavy atom. The Hall–Kier alpha value is -1.83. The summed E-state index contributed by atoms with van der Waals surface area (Å²) in [6, 6.07) is 5.12. The number of phenolic OH excluding ortho intramolecular Hbond substituents is 1. The van der Waals surface area contributed by atoms with E-state index in [2.05, 4.69) is 9.83 Å². The van der Waals surface area contributed by atoms with Crippen LogP contribution in [0.2, 0.25) is 10.2 Å². The van der Waals surface area contributed by atoms with Crippen molar-refractivity contribution in [3.8, 4) is 17.0 Å². The smallest absolute Gasteiger partial charge is 0.225 e. The number of nitrogens with zero attached hydrogens (tertiary/aromatic N) is 2. The number of aromatic hydroxyl groups is 1. The van der Waals surface area contributed by atoms with Crippen LogP contribution in [0.15, 0.2) is 24.3 Å². The lowest BCUT2D eigenvalue weighted by Gasteiger charge is -2.08. The van der Waals surface area contributed by atoms with E-state index in [4.69, 9.17) is 29.8 Å². The highest BCUT2D eigenvalue weighted by Crippen LogP contribution is 2.38. The van der Waals surface area contributed by atoms with Crippen molar-refractivity contribution in [3.05, 3.63) is 51.7 Å². The summed E-state index contributed by atoms with van der Waals surface area (Å²) in [5.74, 6) is -0.966. The van der Waals surface area contributed by atoms with Crippen LogP contribution in [0.3, 0.4) is 0 Å². The minimum absolute atomic E-state index is 0.00432. The molecule has 0 radical (unpaired) electrons. The summed E-state index contributed by atoms with van der Waals surface area (Å²) in [6.07, 6.45) is 0. The van der Waals surface area contributed by atoms with Gasteiger partial charge >= 0.3 is 0 Å². The summed E-state index contributed by atoms with van der Waals surface area (Å²) < 4.78 is 13.7. The third-order valence-corrected chi connectivity index (χ3v) is 2.83. The quantitative estimate of drug-likeness (QED) is 0.620. The van der Waals surface area contributed by atoms with Crippen molar-refractivity contribution >= 4 is 28.9 Å². The highest BCUT2D eigenvalue weighted by molar-refractivity contribution is 6.36. The fourth-order valence-electron chi connectivity index (χ4n) is 1.46. The van der Waals surface area contributed by atoms with Crippen LogP contribution in [-0.4, -0.2) is 10.1 Å². The summed E-state index contributed by atoms with van der Waals surface area (Å²) >= 11 is 11.7. The van der Waals surface area contributed by atoms with Crippen LogP contribution in [0.1, 0.15) is 0 Å². The van der Waals surface area contributed by atoms with Crippen LogP contribution in [0.5, 0.6) is 5.75 Å². The maximum atomic E-state index is 13.7. The molecular formula is C12H5Cl2FN2O. The van der Waals surface area contributed by atoms with E-state index in [0.29, 0.717) is 0 Å². The number of halogens is 3. The van der Waals surface area contributed by atoms with Gasteiger partial charge in [0.05, 0.1) is 22.9 Å². The SMILES string of the molecule is [C-]#[N+]c1cc(Cl)c(-c2c(O)cccc2F)nc1Cl. The lowest BCUT2D eigenvalue weighted by atomic mass is 10.1. The molecule has 0 spiro atoms. The third-order valence-electron chi connectivity index (χ3n) is 2.26. The van der Waals surface area contributed by atoms with Gasteiger partial charge in [0.1, 0.15) is 16.7 Å². The van der Waals surface area contributed by atoms with Gasteiger partial charge in [-0.25, -0.2) is 14.2 Å². The van der Waals surface area contributed by atoms with E-state index in [0.717, 1.165) is 0 Å². The average molecular weight is 283 g/mol. The standard InChI is InChI=1S/C12H5Cl2FN2O/c1-16-8-5-6(13)11(17-12(8)14)10-7(15)3-2-4-9(10)18/h2-5,18H. The van der Waals surface area contributed by atoms with Gasteiger partial charge in [0.25, 0.3) is 0 Å². The van der Waals surface area contributed by atoms with Gasteiger partial charge in [-0.05, 0) is 18.2 Å². The maximum Gasteiger partial charge on any atom is 0.225 e. The van der Waals surface area contributed by atoms with Gasteiger partial charge in [0.15, 0.2) is 0 Å². The van der Waals surface area contributed by atoms with Gasteiger partial charge in [-0.2, -0.15) is 0 Å². The second kappa shape index (κ2) is 4.81. The first kappa shape index (κ1) is 12.6. The summed E-state index contributed by atoms with van der Waals surface area (Å²) in [5.41, 5.74) is -0.0631. The third kappa shape index (κ3) is 2.10. The van der Waals surface area contributed by atoms with Crippen LogP contribution < -0.4 is 0 Å². The first-order valence-corrected chi connectivity index (χ1v) is 5.51. The Labute approximate surface area is 112 Å². The Morgan fingerprint density at radius 2 is 2.06 bits per heavy atom. The molecule has 0 aliphatic carbocycles. The zero-order valence-corrected chi connectivity index (χ0v) is 10.3. The molecule has 0 aliphatic heterocycles. The molecule has 2 rings (SSSR count). The Balaban J connectivity index is 2.73. The normalized spacial score (nSPS) is 10.1. The van der Waals surface area contributed by atoms with E-state index in [1.807, 2.05) is 0 Å². The molecule has 1 aromatic carbocycles. The van der Waals surface area contributed by atoms with Crippen molar-refractivity contribution < 1.29 is 9.50 Å². The molecule has 1 N–H and O–H groups in total. The molecule has 0 unspecified atom stereocenters. The molecule has 2 aromatic rings. The second-order valence-electron chi connectivity index (χ2n) is 3.37. The van der Waals surface area contributed by atoms with Crippen LogP contribution >= 0.6 is 23.2 Å². The lowest BCUT2D eigenvalue weighted by Crippen LogP contribution is -1.91. The number of pyridine rings is 1. The van der Waals surface area contributed by atoms with Crippen LogP contribution in [0.25, 0.3) is 16.1 Å². The van der Waals surface area contributed by atoms with Crippen molar-refractivity contribution in [2.24, 2.45) is 0 Å². The highest BCUT2D eigenvalue weighted by atomic mass is 35.5. The number of phenols is 1. The molecule has 0 saturated heterocycles. The summed E-state index contributed by atoms with van der Waals surface area (Å²) in [4.78, 5) is 6.98. The Kier molecular flexibility index (Phi) is 3.37. The minimum Gasteiger partial charge on any atom is -0.507 e. The predicted octanol–water partition coefficient (Wildman–Crippen LogP) is 4.45. The van der Waals surface area contributed by atoms with E-state index >= 15 is 0 Å². The van der Waals surface area contributed by atoms with Crippen molar-refractivity contribution in [2.75, 3.05) is 0 Å². The monoisotopic (exact) mass is 282 g/mol. The van der Waals surface area contributed by atoms with Gasteiger partial charge in [-0.3, -0.25) is 0 Å². The molecular weight excluding hydrogens is 278 g/mol. The molecule has 90 valence electrons. The molecule has 18 heavy (non-hydrogen) atoms. The first-order valence-electron chi connectivity index (χ1n) is 4.76. The van der Waals surface area contributed by atoms with Crippen molar-refractivity contribution in [3.63, 3.8) is 0 Å². The molecule has 3 nitrogen and oxygen atoms in total. The fraction of sp³-hybridized carbons (Fsp3) is 0. The zero-order chi connectivity index (χ0) is 13.3. The average Bonchev–Trinajstić information content (AvgIpc) is 2.32. The largest absolute Gasteiger partial charge is 0.507 e. The Morgan fingerprint density at radius 3 is 2.67 bits per heavy atom. The first-order chi connectivity index (χ1) is 8.54. The molecule has 0 saturated carbocycles. The number of hydrogen-bond donors (Lipinski definition) is 1. The Bertz CT molecular complexity index is 648. The fourth-order valence-corrected chi connectivity index (χ4v) is 1.88.